The second kappa shape index (κ2) is 8.40. The molecule has 0 aromatic heterocycles. The van der Waals surface area contributed by atoms with Crippen molar-refractivity contribution in [1.82, 2.24) is 10.2 Å². The van der Waals surface area contributed by atoms with Crippen LogP contribution in [0.5, 0.6) is 0 Å². The largest absolute Gasteiger partial charge is 0.394 e. The first kappa shape index (κ1) is 17.2. The van der Waals surface area contributed by atoms with Crippen molar-refractivity contribution in [1.29, 1.82) is 0 Å². The van der Waals surface area contributed by atoms with Gasteiger partial charge in [0.05, 0.1) is 12.6 Å². The monoisotopic (exact) mass is 278 g/mol. The van der Waals surface area contributed by atoms with E-state index < -0.39 is 0 Å². The summed E-state index contributed by atoms with van der Waals surface area (Å²) in [6.07, 6.45) is 0. The number of nitrogens with zero attached hydrogens (tertiary/aromatic N) is 1. The van der Waals surface area contributed by atoms with Crippen LogP contribution in [0.3, 0.4) is 0 Å². The Bertz CT molecular complexity index is 414. The number of aliphatic hydroxyl groups is 1. The highest BCUT2D eigenvalue weighted by atomic mass is 16.3. The van der Waals surface area contributed by atoms with Crippen molar-refractivity contribution in [3.8, 4) is 0 Å². The van der Waals surface area contributed by atoms with E-state index in [1.807, 2.05) is 0 Å². The fourth-order valence-electron chi connectivity index (χ4n) is 2.57. The van der Waals surface area contributed by atoms with E-state index >= 15 is 0 Å². The van der Waals surface area contributed by atoms with Crippen LogP contribution in [0, 0.1) is 20.8 Å². The number of nitrogens with one attached hydrogen (secondary N) is 1. The first-order valence-electron chi connectivity index (χ1n) is 7.67. The zero-order chi connectivity index (χ0) is 15.1. The number of aryl methyl sites for hydroxylation is 3. The molecular formula is C17H30N2O. The number of likely N-dealkylation sites (N-methyl/N-ethyl adjacent to an activating group) is 1. The van der Waals surface area contributed by atoms with E-state index in [1.165, 1.54) is 22.3 Å². The van der Waals surface area contributed by atoms with Gasteiger partial charge in [-0.1, -0.05) is 26.0 Å². The zero-order valence-corrected chi connectivity index (χ0v) is 13.7. The topological polar surface area (TPSA) is 35.5 Å². The third kappa shape index (κ3) is 4.58. The number of benzene rings is 1. The van der Waals surface area contributed by atoms with Crippen LogP contribution in [0.4, 0.5) is 0 Å². The number of hydrogen-bond donors (Lipinski definition) is 2. The van der Waals surface area contributed by atoms with Crippen molar-refractivity contribution in [2.75, 3.05) is 32.8 Å². The molecule has 0 fully saturated rings. The maximum atomic E-state index is 9.67. The minimum absolute atomic E-state index is 0.0323. The van der Waals surface area contributed by atoms with Crippen molar-refractivity contribution in [2.24, 2.45) is 0 Å². The Kier molecular flexibility index (Phi) is 7.20. The minimum atomic E-state index is 0.0323. The van der Waals surface area contributed by atoms with Gasteiger partial charge in [-0.05, 0) is 56.1 Å². The molecule has 1 unspecified atom stereocenters. The summed E-state index contributed by atoms with van der Waals surface area (Å²) in [5.74, 6) is 0. The van der Waals surface area contributed by atoms with Crippen LogP contribution in [-0.2, 0) is 0 Å². The van der Waals surface area contributed by atoms with E-state index in [2.05, 4.69) is 57.0 Å². The average Bonchev–Trinajstić information content (AvgIpc) is 2.44. The Morgan fingerprint density at radius 3 is 2.20 bits per heavy atom. The summed E-state index contributed by atoms with van der Waals surface area (Å²) in [4.78, 5) is 2.38. The third-order valence-corrected chi connectivity index (χ3v) is 4.15. The zero-order valence-electron chi connectivity index (χ0n) is 13.7. The van der Waals surface area contributed by atoms with E-state index in [9.17, 15) is 5.11 Å². The molecule has 3 heteroatoms. The highest BCUT2D eigenvalue weighted by Crippen LogP contribution is 2.21. The molecule has 0 aliphatic heterocycles. The van der Waals surface area contributed by atoms with Crippen LogP contribution in [-0.4, -0.2) is 42.8 Å². The van der Waals surface area contributed by atoms with Gasteiger partial charge in [0.2, 0.25) is 0 Å². The molecule has 1 aromatic rings. The fraction of sp³-hybridized carbons (Fsp3) is 0.647. The Morgan fingerprint density at radius 2 is 1.65 bits per heavy atom. The summed E-state index contributed by atoms with van der Waals surface area (Å²) in [6.45, 7) is 15.0. The predicted molar refractivity (Wildman–Crippen MR) is 86.3 cm³/mol. The lowest BCUT2D eigenvalue weighted by Crippen LogP contribution is -2.35. The van der Waals surface area contributed by atoms with E-state index in [-0.39, 0.29) is 12.6 Å². The van der Waals surface area contributed by atoms with Gasteiger partial charge in [0.1, 0.15) is 0 Å². The van der Waals surface area contributed by atoms with E-state index in [4.69, 9.17) is 0 Å². The van der Waals surface area contributed by atoms with Crippen molar-refractivity contribution in [3.05, 3.63) is 34.4 Å². The Balaban J connectivity index is 2.69. The number of rotatable bonds is 8. The van der Waals surface area contributed by atoms with E-state index in [1.54, 1.807) is 0 Å². The number of aliphatic hydroxyl groups excluding tert-OH is 1. The van der Waals surface area contributed by atoms with Crippen molar-refractivity contribution in [2.45, 2.75) is 40.7 Å². The quantitative estimate of drug-likeness (QED) is 0.767. The second-order valence-corrected chi connectivity index (χ2v) is 5.51. The fourth-order valence-corrected chi connectivity index (χ4v) is 2.57. The van der Waals surface area contributed by atoms with Crippen molar-refractivity contribution < 1.29 is 5.11 Å². The van der Waals surface area contributed by atoms with Gasteiger partial charge in [0, 0.05) is 13.1 Å². The third-order valence-electron chi connectivity index (χ3n) is 4.15. The SMILES string of the molecule is CCN(CC)CCNC(CO)c1cc(C)c(C)cc1C. The van der Waals surface area contributed by atoms with E-state index in [0.717, 1.165) is 26.2 Å². The molecule has 0 aliphatic carbocycles. The molecule has 3 nitrogen and oxygen atoms in total. The van der Waals surface area contributed by atoms with Crippen LogP contribution in [0.2, 0.25) is 0 Å². The van der Waals surface area contributed by atoms with Crippen LogP contribution < -0.4 is 5.32 Å². The molecule has 1 rings (SSSR count). The summed E-state index contributed by atoms with van der Waals surface area (Å²) in [5, 5.41) is 13.1. The molecule has 0 aliphatic rings. The maximum Gasteiger partial charge on any atom is 0.0626 e. The molecule has 114 valence electrons. The van der Waals surface area contributed by atoms with Gasteiger partial charge in [0.15, 0.2) is 0 Å². The smallest absolute Gasteiger partial charge is 0.0626 e. The predicted octanol–water partition coefficient (Wildman–Crippen LogP) is 2.58. The van der Waals surface area contributed by atoms with Gasteiger partial charge < -0.3 is 15.3 Å². The van der Waals surface area contributed by atoms with E-state index in [0.29, 0.717) is 0 Å². The van der Waals surface area contributed by atoms with Gasteiger partial charge in [0.25, 0.3) is 0 Å². The molecule has 1 atom stereocenters. The van der Waals surface area contributed by atoms with Crippen LogP contribution in [0.1, 0.15) is 42.1 Å². The number of hydrogen-bond acceptors (Lipinski definition) is 3. The normalized spacial score (nSPS) is 12.9. The van der Waals surface area contributed by atoms with Crippen molar-refractivity contribution >= 4 is 0 Å². The molecule has 0 amide bonds. The first-order valence-corrected chi connectivity index (χ1v) is 7.67. The lowest BCUT2D eigenvalue weighted by molar-refractivity contribution is 0.233. The second-order valence-electron chi connectivity index (χ2n) is 5.51. The molecule has 0 spiro atoms. The minimum Gasteiger partial charge on any atom is -0.394 e. The lowest BCUT2D eigenvalue weighted by Gasteiger charge is -2.23. The van der Waals surface area contributed by atoms with Gasteiger partial charge >= 0.3 is 0 Å². The maximum absolute atomic E-state index is 9.67. The standard InChI is InChI=1S/C17H30N2O/c1-6-19(7-2)9-8-18-17(12-20)16-11-14(4)13(3)10-15(16)5/h10-11,17-18,20H,6-9,12H2,1-5H3. The van der Waals surface area contributed by atoms with Gasteiger partial charge in [-0.15, -0.1) is 0 Å². The summed E-state index contributed by atoms with van der Waals surface area (Å²) in [6, 6.07) is 4.44. The summed E-state index contributed by atoms with van der Waals surface area (Å²) >= 11 is 0. The van der Waals surface area contributed by atoms with Gasteiger partial charge in [-0.3, -0.25) is 0 Å². The summed E-state index contributed by atoms with van der Waals surface area (Å²) < 4.78 is 0. The molecule has 0 radical (unpaired) electrons. The Morgan fingerprint density at radius 1 is 1.05 bits per heavy atom. The summed E-state index contributed by atoms with van der Waals surface area (Å²) in [5.41, 5.74) is 5.07. The van der Waals surface area contributed by atoms with Gasteiger partial charge in [-0.25, -0.2) is 0 Å². The Hall–Kier alpha value is -0.900. The molecule has 20 heavy (non-hydrogen) atoms. The average molecular weight is 278 g/mol. The molecule has 0 bridgehead atoms. The highest BCUT2D eigenvalue weighted by molar-refractivity contribution is 5.38. The molecule has 0 saturated carbocycles. The van der Waals surface area contributed by atoms with Crippen LogP contribution >= 0.6 is 0 Å². The molecule has 0 heterocycles. The Labute approximate surface area is 124 Å². The van der Waals surface area contributed by atoms with Gasteiger partial charge in [-0.2, -0.15) is 0 Å². The molecule has 1 aromatic carbocycles. The molecule has 2 N–H and O–H groups in total. The molecule has 0 saturated heterocycles. The van der Waals surface area contributed by atoms with Crippen molar-refractivity contribution in [3.63, 3.8) is 0 Å². The first-order chi connectivity index (χ1) is 9.53. The lowest BCUT2D eigenvalue weighted by atomic mass is 9.96. The summed E-state index contributed by atoms with van der Waals surface area (Å²) in [7, 11) is 0. The molecular weight excluding hydrogens is 248 g/mol. The van der Waals surface area contributed by atoms with Crippen LogP contribution in [0.15, 0.2) is 12.1 Å². The van der Waals surface area contributed by atoms with Crippen LogP contribution in [0.25, 0.3) is 0 Å². The highest BCUT2D eigenvalue weighted by Gasteiger charge is 2.13.